The fourth-order valence-corrected chi connectivity index (χ4v) is 2.44. The van der Waals surface area contributed by atoms with Crippen LogP contribution in [0, 0.1) is 0 Å². The highest BCUT2D eigenvalue weighted by Crippen LogP contribution is 2.34. The van der Waals surface area contributed by atoms with E-state index in [0.717, 1.165) is 25.7 Å². The number of hydrogen-bond acceptors (Lipinski definition) is 6. The first kappa shape index (κ1) is 15.4. The monoisotopic (exact) mass is 283 g/mol. The van der Waals surface area contributed by atoms with E-state index in [-0.39, 0.29) is 0 Å². The molecule has 0 bridgehead atoms. The molecule has 1 atom stereocenters. The van der Waals surface area contributed by atoms with Gasteiger partial charge in [0.2, 0.25) is 11.7 Å². The van der Waals surface area contributed by atoms with E-state index in [1.807, 2.05) is 14.0 Å². The second kappa shape index (κ2) is 7.15. The van der Waals surface area contributed by atoms with Gasteiger partial charge in [0.05, 0.1) is 0 Å². The zero-order chi connectivity index (χ0) is 14.4. The van der Waals surface area contributed by atoms with E-state index in [9.17, 15) is 0 Å². The molecule has 0 radical (unpaired) electrons. The molecule has 1 aromatic rings. The zero-order valence-corrected chi connectivity index (χ0v) is 12.6. The Morgan fingerprint density at radius 1 is 1.40 bits per heavy atom. The summed E-state index contributed by atoms with van der Waals surface area (Å²) in [7, 11) is 1.95. The van der Waals surface area contributed by atoms with Crippen LogP contribution in [0.2, 0.25) is 0 Å². The Morgan fingerprint density at radius 2 is 2.15 bits per heavy atom. The van der Waals surface area contributed by atoms with Crippen LogP contribution in [0.1, 0.15) is 44.8 Å². The van der Waals surface area contributed by atoms with Gasteiger partial charge in [-0.25, -0.2) is 0 Å². The van der Waals surface area contributed by atoms with Crippen LogP contribution in [0.4, 0.5) is 0 Å². The van der Waals surface area contributed by atoms with Crippen LogP contribution in [0.15, 0.2) is 4.52 Å². The van der Waals surface area contributed by atoms with Gasteiger partial charge in [-0.3, -0.25) is 0 Å². The van der Waals surface area contributed by atoms with Gasteiger partial charge in [0.1, 0.15) is 5.60 Å². The van der Waals surface area contributed by atoms with Crippen LogP contribution in [0.25, 0.3) is 0 Å². The van der Waals surface area contributed by atoms with Crippen molar-refractivity contribution in [2.45, 2.75) is 51.2 Å². The molecule has 0 aliphatic carbocycles. The van der Waals surface area contributed by atoms with Crippen LogP contribution in [0.5, 0.6) is 0 Å². The number of aromatic nitrogens is 2. The minimum Gasteiger partial charge on any atom is -0.381 e. The van der Waals surface area contributed by atoms with E-state index < -0.39 is 5.60 Å². The average Bonchev–Trinajstić information content (AvgIpc) is 2.95. The van der Waals surface area contributed by atoms with Gasteiger partial charge >= 0.3 is 0 Å². The lowest BCUT2D eigenvalue weighted by molar-refractivity contribution is -0.118. The average molecular weight is 283 g/mol. The molecule has 1 N–H and O–H groups in total. The van der Waals surface area contributed by atoms with Crippen molar-refractivity contribution < 1.29 is 14.0 Å². The Morgan fingerprint density at radius 3 is 2.80 bits per heavy atom. The summed E-state index contributed by atoms with van der Waals surface area (Å²) in [5.74, 6) is 1.36. The van der Waals surface area contributed by atoms with Crippen LogP contribution in [-0.4, -0.2) is 43.1 Å². The van der Waals surface area contributed by atoms with Crippen molar-refractivity contribution in [3.63, 3.8) is 0 Å². The van der Waals surface area contributed by atoms with Crippen LogP contribution in [-0.2, 0) is 21.5 Å². The quantitative estimate of drug-likeness (QED) is 0.820. The Hall–Kier alpha value is -0.980. The summed E-state index contributed by atoms with van der Waals surface area (Å²) in [5, 5.41) is 7.35. The molecule has 0 amide bonds. The second-order valence-corrected chi connectivity index (χ2v) is 5.28. The molecule has 2 rings (SSSR count). The molecule has 20 heavy (non-hydrogen) atoms. The topological polar surface area (TPSA) is 69.4 Å². The molecular formula is C14H25N3O3. The number of aryl methyl sites for hydroxylation is 1. The molecular weight excluding hydrogens is 258 g/mol. The maximum atomic E-state index is 5.94. The highest BCUT2D eigenvalue weighted by Gasteiger charge is 2.39. The van der Waals surface area contributed by atoms with E-state index in [1.54, 1.807) is 0 Å². The van der Waals surface area contributed by atoms with Crippen LogP contribution < -0.4 is 5.32 Å². The fourth-order valence-electron chi connectivity index (χ4n) is 2.44. The predicted molar refractivity (Wildman–Crippen MR) is 74.5 cm³/mol. The summed E-state index contributed by atoms with van der Waals surface area (Å²) in [6, 6.07) is 0.439. The maximum absolute atomic E-state index is 5.94. The van der Waals surface area contributed by atoms with Gasteiger partial charge in [0.15, 0.2) is 0 Å². The third kappa shape index (κ3) is 3.56. The summed E-state index contributed by atoms with van der Waals surface area (Å²) in [6.07, 6.45) is 3.33. The molecule has 1 saturated heterocycles. The first-order valence-corrected chi connectivity index (χ1v) is 7.42. The number of nitrogens with zero attached hydrogens (tertiary/aromatic N) is 2. The summed E-state index contributed by atoms with van der Waals surface area (Å²) < 4.78 is 16.7. The van der Waals surface area contributed by atoms with Gasteiger partial charge in [-0.05, 0) is 27.3 Å². The van der Waals surface area contributed by atoms with Crippen molar-refractivity contribution in [2.24, 2.45) is 0 Å². The highest BCUT2D eigenvalue weighted by atomic mass is 16.5. The Balaban J connectivity index is 2.04. The van der Waals surface area contributed by atoms with E-state index in [4.69, 9.17) is 14.0 Å². The minimum atomic E-state index is -0.427. The van der Waals surface area contributed by atoms with Gasteiger partial charge in [-0.1, -0.05) is 5.16 Å². The fraction of sp³-hybridized carbons (Fsp3) is 0.857. The molecule has 1 fully saturated rings. The van der Waals surface area contributed by atoms with Crippen LogP contribution >= 0.6 is 0 Å². The van der Waals surface area contributed by atoms with Gasteiger partial charge in [-0.2, -0.15) is 4.98 Å². The van der Waals surface area contributed by atoms with Gasteiger partial charge in [0.25, 0.3) is 0 Å². The summed E-state index contributed by atoms with van der Waals surface area (Å²) in [4.78, 5) is 4.54. The number of rotatable bonds is 7. The first-order chi connectivity index (χ1) is 9.70. The molecule has 1 aromatic heterocycles. The zero-order valence-electron chi connectivity index (χ0n) is 12.6. The lowest BCUT2D eigenvalue weighted by atomic mass is 9.93. The largest absolute Gasteiger partial charge is 0.381 e. The van der Waals surface area contributed by atoms with Crippen molar-refractivity contribution in [1.82, 2.24) is 15.5 Å². The summed E-state index contributed by atoms with van der Waals surface area (Å²) in [5.41, 5.74) is -0.427. The smallest absolute Gasteiger partial charge is 0.226 e. The van der Waals surface area contributed by atoms with Gasteiger partial charge < -0.3 is 19.3 Å². The standard InChI is InChI=1S/C14H25N3O3/c1-4-19-14(7-9-18-10-8-14)13-16-12(20-17-13)6-5-11(2)15-3/h11,15H,4-10H2,1-3H3. The van der Waals surface area contributed by atoms with E-state index in [1.165, 1.54) is 0 Å². The Bertz CT molecular complexity index is 397. The van der Waals surface area contributed by atoms with E-state index in [2.05, 4.69) is 22.4 Å². The minimum absolute atomic E-state index is 0.427. The Kier molecular flexibility index (Phi) is 5.51. The molecule has 0 spiro atoms. The van der Waals surface area contributed by atoms with Gasteiger partial charge in [-0.15, -0.1) is 0 Å². The SMILES string of the molecule is CCOC1(c2noc(CCC(C)NC)n2)CCOCC1. The van der Waals surface area contributed by atoms with E-state index in [0.29, 0.717) is 37.6 Å². The molecule has 1 aliphatic heterocycles. The number of ether oxygens (including phenoxy) is 2. The first-order valence-electron chi connectivity index (χ1n) is 7.42. The van der Waals surface area contributed by atoms with Gasteiger partial charge in [0, 0.05) is 45.1 Å². The second-order valence-electron chi connectivity index (χ2n) is 5.28. The van der Waals surface area contributed by atoms with E-state index >= 15 is 0 Å². The van der Waals surface area contributed by atoms with Crippen molar-refractivity contribution in [1.29, 1.82) is 0 Å². The molecule has 6 heteroatoms. The molecule has 6 nitrogen and oxygen atoms in total. The molecule has 0 aromatic carbocycles. The molecule has 114 valence electrons. The van der Waals surface area contributed by atoms with Crippen molar-refractivity contribution in [3.05, 3.63) is 11.7 Å². The molecule has 2 heterocycles. The molecule has 1 unspecified atom stereocenters. The Labute approximate surface area is 120 Å². The third-order valence-electron chi connectivity index (χ3n) is 3.88. The maximum Gasteiger partial charge on any atom is 0.226 e. The molecule has 0 saturated carbocycles. The molecule has 1 aliphatic rings. The lowest BCUT2D eigenvalue weighted by Crippen LogP contribution is -2.37. The lowest BCUT2D eigenvalue weighted by Gasteiger charge is -2.33. The number of nitrogens with one attached hydrogen (secondary N) is 1. The highest BCUT2D eigenvalue weighted by molar-refractivity contribution is 5.03. The predicted octanol–water partition coefficient (Wildman–Crippen LogP) is 1.65. The van der Waals surface area contributed by atoms with Crippen molar-refractivity contribution in [3.8, 4) is 0 Å². The number of hydrogen-bond donors (Lipinski definition) is 1. The van der Waals surface area contributed by atoms with Crippen molar-refractivity contribution in [2.75, 3.05) is 26.9 Å². The van der Waals surface area contributed by atoms with Crippen LogP contribution in [0.3, 0.4) is 0 Å². The normalized spacial score (nSPS) is 19.9. The third-order valence-corrected chi connectivity index (χ3v) is 3.88. The summed E-state index contributed by atoms with van der Waals surface area (Å²) >= 11 is 0. The van der Waals surface area contributed by atoms with Crippen molar-refractivity contribution >= 4 is 0 Å². The summed E-state index contributed by atoms with van der Waals surface area (Å²) in [6.45, 7) is 6.13.